The fraction of sp³-hybridized carbons (Fsp3) is 0.350. The zero-order valence-electron chi connectivity index (χ0n) is 15.6. The maximum absolute atomic E-state index is 13.2. The highest BCUT2D eigenvalue weighted by atomic mass is 35.5. The second-order valence-electron chi connectivity index (χ2n) is 7.06. The smallest absolute Gasteiger partial charge is 0.244 e. The number of rotatable bonds is 3. The Balaban J connectivity index is 1.47. The van der Waals surface area contributed by atoms with Crippen LogP contribution in [-0.4, -0.2) is 44.0 Å². The van der Waals surface area contributed by atoms with Gasteiger partial charge in [0.25, 0.3) is 0 Å². The Morgan fingerprint density at radius 1 is 1.03 bits per heavy atom. The summed E-state index contributed by atoms with van der Waals surface area (Å²) in [4.78, 5) is 16.1. The van der Waals surface area contributed by atoms with E-state index in [1.807, 2.05) is 29.2 Å². The third-order valence-corrected chi connectivity index (χ3v) is 8.97. The molecule has 0 radical (unpaired) electrons. The predicted molar refractivity (Wildman–Crippen MR) is 117 cm³/mol. The van der Waals surface area contributed by atoms with E-state index in [4.69, 9.17) is 23.2 Å². The average Bonchev–Trinajstić information content (AvgIpc) is 2.74. The van der Waals surface area contributed by atoms with Crippen molar-refractivity contribution in [2.75, 3.05) is 30.3 Å². The molecule has 0 bridgehead atoms. The summed E-state index contributed by atoms with van der Waals surface area (Å²) < 4.78 is 27.4. The SMILES string of the molecule is O=C(C1CCN(S(=O)(=O)c2cc(Cl)ccc2Cl)CC1)N1CCSc2ccccc21. The molecule has 154 valence electrons. The van der Waals surface area contributed by atoms with Crippen LogP contribution in [-0.2, 0) is 14.8 Å². The van der Waals surface area contributed by atoms with Crippen LogP contribution >= 0.6 is 35.0 Å². The van der Waals surface area contributed by atoms with Crippen molar-refractivity contribution in [2.45, 2.75) is 22.6 Å². The molecular formula is C20H20Cl2N2O3S2. The van der Waals surface area contributed by atoms with Crippen molar-refractivity contribution in [2.24, 2.45) is 5.92 Å². The zero-order valence-corrected chi connectivity index (χ0v) is 18.7. The monoisotopic (exact) mass is 470 g/mol. The number of hydrogen-bond acceptors (Lipinski definition) is 4. The van der Waals surface area contributed by atoms with Crippen molar-refractivity contribution < 1.29 is 13.2 Å². The lowest BCUT2D eigenvalue weighted by Gasteiger charge is -2.35. The first-order valence-electron chi connectivity index (χ1n) is 9.36. The minimum Gasteiger partial charge on any atom is -0.310 e. The van der Waals surface area contributed by atoms with Crippen LogP contribution in [0.4, 0.5) is 5.69 Å². The Hall–Kier alpha value is -1.25. The number of carbonyl (C=O) groups excluding carboxylic acids is 1. The van der Waals surface area contributed by atoms with Gasteiger partial charge < -0.3 is 4.90 Å². The van der Waals surface area contributed by atoms with Gasteiger partial charge in [0.05, 0.1) is 10.7 Å². The van der Waals surface area contributed by atoms with Gasteiger partial charge in [-0.05, 0) is 43.2 Å². The number of anilines is 1. The maximum Gasteiger partial charge on any atom is 0.244 e. The van der Waals surface area contributed by atoms with Crippen LogP contribution in [0, 0.1) is 5.92 Å². The topological polar surface area (TPSA) is 57.7 Å². The van der Waals surface area contributed by atoms with Gasteiger partial charge in [0.15, 0.2) is 0 Å². The van der Waals surface area contributed by atoms with E-state index in [1.54, 1.807) is 17.8 Å². The summed E-state index contributed by atoms with van der Waals surface area (Å²) in [7, 11) is -3.75. The van der Waals surface area contributed by atoms with Gasteiger partial charge in [-0.3, -0.25) is 4.79 Å². The molecule has 4 rings (SSSR count). The van der Waals surface area contributed by atoms with Crippen LogP contribution < -0.4 is 4.90 Å². The second kappa shape index (κ2) is 8.47. The van der Waals surface area contributed by atoms with Crippen LogP contribution in [0.5, 0.6) is 0 Å². The number of thioether (sulfide) groups is 1. The number of sulfonamides is 1. The number of carbonyl (C=O) groups is 1. The number of nitrogens with zero attached hydrogens (tertiary/aromatic N) is 2. The van der Waals surface area contributed by atoms with Gasteiger partial charge in [-0.15, -0.1) is 11.8 Å². The van der Waals surface area contributed by atoms with Gasteiger partial charge in [0, 0.05) is 41.2 Å². The summed E-state index contributed by atoms with van der Waals surface area (Å²) in [6, 6.07) is 12.3. The molecule has 2 aliphatic heterocycles. The molecule has 0 unspecified atom stereocenters. The third kappa shape index (κ3) is 4.16. The fourth-order valence-corrected chi connectivity index (χ4v) is 6.98. The van der Waals surface area contributed by atoms with Crippen molar-refractivity contribution in [1.82, 2.24) is 4.31 Å². The van der Waals surface area contributed by atoms with Crippen molar-refractivity contribution in [1.29, 1.82) is 0 Å². The third-order valence-electron chi connectivity index (χ3n) is 5.31. The van der Waals surface area contributed by atoms with Crippen molar-refractivity contribution in [3.63, 3.8) is 0 Å². The molecule has 2 aliphatic rings. The van der Waals surface area contributed by atoms with Crippen LogP contribution in [0.1, 0.15) is 12.8 Å². The number of benzene rings is 2. The first-order valence-corrected chi connectivity index (χ1v) is 12.5. The number of piperidine rings is 1. The molecule has 2 aromatic carbocycles. The molecule has 2 aromatic rings. The summed E-state index contributed by atoms with van der Waals surface area (Å²) in [5, 5.41) is 0.467. The van der Waals surface area contributed by atoms with Crippen molar-refractivity contribution in [3.05, 3.63) is 52.5 Å². The summed E-state index contributed by atoms with van der Waals surface area (Å²) in [5.41, 5.74) is 0.953. The Morgan fingerprint density at radius 2 is 1.76 bits per heavy atom. The number of amides is 1. The zero-order chi connectivity index (χ0) is 20.6. The number of halogens is 2. The fourth-order valence-electron chi connectivity index (χ4n) is 3.78. The summed E-state index contributed by atoms with van der Waals surface area (Å²) >= 11 is 13.8. The molecule has 0 spiro atoms. The first kappa shape index (κ1) is 21.0. The molecule has 5 nitrogen and oxygen atoms in total. The van der Waals surface area contributed by atoms with Gasteiger partial charge >= 0.3 is 0 Å². The molecule has 29 heavy (non-hydrogen) atoms. The molecule has 1 amide bonds. The molecule has 0 aliphatic carbocycles. The standard InChI is InChI=1S/C20H20Cl2N2O3S2/c21-15-5-6-16(22)19(13-15)29(26,27)23-9-7-14(8-10-23)20(25)24-11-12-28-18-4-2-1-3-17(18)24/h1-6,13-14H,7-12H2. The first-order chi connectivity index (χ1) is 13.9. The molecule has 0 N–H and O–H groups in total. The summed E-state index contributed by atoms with van der Waals surface area (Å²) in [6.07, 6.45) is 0.976. The van der Waals surface area contributed by atoms with Gasteiger partial charge in [0.2, 0.25) is 15.9 Å². The van der Waals surface area contributed by atoms with Crippen molar-refractivity contribution >= 4 is 56.6 Å². The minimum absolute atomic E-state index is 0.0124. The predicted octanol–water partition coefficient (Wildman–Crippen LogP) is 4.53. The van der Waals surface area contributed by atoms with Crippen LogP contribution in [0.2, 0.25) is 10.0 Å². The molecule has 2 heterocycles. The van der Waals surface area contributed by atoms with E-state index in [2.05, 4.69) is 0 Å². The number of hydrogen-bond donors (Lipinski definition) is 0. The van der Waals surface area contributed by atoms with Gasteiger partial charge in [-0.25, -0.2) is 8.42 Å². The molecule has 0 saturated carbocycles. The molecule has 1 fully saturated rings. The lowest BCUT2D eigenvalue weighted by molar-refractivity contribution is -0.123. The van der Waals surface area contributed by atoms with Gasteiger partial charge in [0.1, 0.15) is 4.90 Å². The van der Waals surface area contributed by atoms with E-state index in [-0.39, 0.29) is 34.8 Å². The lowest BCUT2D eigenvalue weighted by Crippen LogP contribution is -2.45. The maximum atomic E-state index is 13.2. The highest BCUT2D eigenvalue weighted by Gasteiger charge is 2.36. The average molecular weight is 471 g/mol. The highest BCUT2D eigenvalue weighted by Crippen LogP contribution is 2.36. The Labute approximate surface area is 185 Å². The Morgan fingerprint density at radius 3 is 2.52 bits per heavy atom. The highest BCUT2D eigenvalue weighted by molar-refractivity contribution is 7.99. The number of fused-ring (bicyclic) bond motifs is 1. The lowest BCUT2D eigenvalue weighted by atomic mass is 9.96. The summed E-state index contributed by atoms with van der Waals surface area (Å²) in [6.45, 7) is 1.24. The molecule has 1 saturated heterocycles. The van der Waals surface area contributed by atoms with E-state index in [9.17, 15) is 13.2 Å². The van der Waals surface area contributed by atoms with Gasteiger partial charge in [-0.1, -0.05) is 35.3 Å². The Kier molecular flexibility index (Phi) is 6.14. The van der Waals surface area contributed by atoms with Crippen LogP contribution in [0.15, 0.2) is 52.3 Å². The van der Waals surface area contributed by atoms with Crippen LogP contribution in [0.3, 0.4) is 0 Å². The molecule has 0 atom stereocenters. The van der Waals surface area contributed by atoms with E-state index in [0.29, 0.717) is 24.4 Å². The van der Waals surface area contributed by atoms with E-state index in [1.165, 1.54) is 16.4 Å². The van der Waals surface area contributed by atoms with E-state index in [0.717, 1.165) is 16.3 Å². The summed E-state index contributed by atoms with van der Waals surface area (Å²) in [5.74, 6) is 0.756. The van der Waals surface area contributed by atoms with Crippen LogP contribution in [0.25, 0.3) is 0 Å². The quantitative estimate of drug-likeness (QED) is 0.660. The van der Waals surface area contributed by atoms with Crippen molar-refractivity contribution in [3.8, 4) is 0 Å². The normalized spacial score (nSPS) is 18.5. The minimum atomic E-state index is -3.75. The molecule has 0 aromatic heterocycles. The molecule has 9 heteroatoms. The van der Waals surface area contributed by atoms with Gasteiger partial charge in [-0.2, -0.15) is 4.31 Å². The Bertz CT molecular complexity index is 1040. The van der Waals surface area contributed by atoms with E-state index < -0.39 is 10.0 Å². The molecular weight excluding hydrogens is 451 g/mol. The number of para-hydroxylation sites is 1. The largest absolute Gasteiger partial charge is 0.310 e. The second-order valence-corrected chi connectivity index (χ2v) is 10.9. The van der Waals surface area contributed by atoms with E-state index >= 15 is 0 Å².